The second-order valence-corrected chi connectivity index (χ2v) is 14.1. The van der Waals surface area contributed by atoms with E-state index in [0.717, 1.165) is 28.7 Å². The van der Waals surface area contributed by atoms with Gasteiger partial charge in [-0.2, -0.15) is 0 Å². The zero-order valence-electron chi connectivity index (χ0n) is 26.1. The summed E-state index contributed by atoms with van der Waals surface area (Å²) >= 11 is 0. The molecule has 4 fully saturated rings. The van der Waals surface area contributed by atoms with Crippen molar-refractivity contribution in [3.8, 4) is 0 Å². The molecule has 11 atom stereocenters. The van der Waals surface area contributed by atoms with Crippen LogP contribution in [0.3, 0.4) is 0 Å². The average Bonchev–Trinajstić information content (AvgIpc) is 3.49. The lowest BCUT2D eigenvalue weighted by molar-refractivity contribution is -0.156. The second-order valence-electron chi connectivity index (χ2n) is 14.1. The molecule has 0 unspecified atom stereocenters. The zero-order chi connectivity index (χ0) is 31.2. The van der Waals surface area contributed by atoms with E-state index in [4.69, 9.17) is 18.9 Å². The molecule has 43 heavy (non-hydrogen) atoms. The molecule has 2 saturated carbocycles. The zero-order valence-corrected chi connectivity index (χ0v) is 26.1. The Balaban J connectivity index is 1.40. The number of carbonyl (C=O) groups is 4. The van der Waals surface area contributed by atoms with Crippen molar-refractivity contribution in [3.05, 3.63) is 34.4 Å². The molecule has 0 aromatic carbocycles. The summed E-state index contributed by atoms with van der Waals surface area (Å²) in [5.74, 6) is -2.51. The molecule has 234 valence electrons. The van der Waals surface area contributed by atoms with Gasteiger partial charge in [-0.15, -0.1) is 0 Å². The van der Waals surface area contributed by atoms with Crippen molar-refractivity contribution in [1.82, 2.24) is 0 Å². The summed E-state index contributed by atoms with van der Waals surface area (Å²) < 4.78 is 23.3. The number of fused-ring (bicyclic) bond motifs is 5. The van der Waals surface area contributed by atoms with Gasteiger partial charge in [0.2, 0.25) is 0 Å². The normalized spacial score (nSPS) is 41.9. The van der Waals surface area contributed by atoms with Gasteiger partial charge >= 0.3 is 23.9 Å². The van der Waals surface area contributed by atoms with Gasteiger partial charge in [0.05, 0.1) is 18.1 Å². The topological polar surface area (TPSA) is 125 Å². The van der Waals surface area contributed by atoms with Crippen LogP contribution in [0.15, 0.2) is 34.4 Å². The summed E-state index contributed by atoms with van der Waals surface area (Å²) in [6.07, 6.45) is 1.25. The number of carbonyl (C=O) groups excluding carboxylic acids is 4. The number of esters is 4. The molecule has 0 radical (unpaired) electrons. The Hall–Kier alpha value is -2.94. The third-order valence-electron chi connectivity index (χ3n) is 12.0. The maximum Gasteiger partial charge on any atom is 0.334 e. The van der Waals surface area contributed by atoms with Crippen LogP contribution in [0.4, 0.5) is 0 Å². The van der Waals surface area contributed by atoms with Gasteiger partial charge in [0, 0.05) is 49.0 Å². The molecule has 0 aromatic heterocycles. The lowest BCUT2D eigenvalue weighted by atomic mass is 9.55. The van der Waals surface area contributed by atoms with Crippen LogP contribution in [-0.2, 0) is 38.1 Å². The third-order valence-corrected chi connectivity index (χ3v) is 12.0. The fourth-order valence-corrected chi connectivity index (χ4v) is 10.4. The lowest BCUT2D eigenvalue weighted by Crippen LogP contribution is -2.50. The third kappa shape index (κ3) is 4.12. The largest absolute Gasteiger partial charge is 0.466 e. The highest BCUT2D eigenvalue weighted by Gasteiger charge is 2.79. The van der Waals surface area contributed by atoms with Crippen molar-refractivity contribution in [3.63, 3.8) is 0 Å². The Morgan fingerprint density at radius 2 is 1.81 bits per heavy atom. The highest BCUT2D eigenvalue weighted by atomic mass is 16.6. The molecule has 1 N–H and O–H groups in total. The van der Waals surface area contributed by atoms with Crippen LogP contribution in [0.25, 0.3) is 0 Å². The quantitative estimate of drug-likeness (QED) is 0.156. The molecule has 2 spiro atoms. The van der Waals surface area contributed by atoms with Crippen molar-refractivity contribution in [2.24, 2.45) is 40.4 Å². The summed E-state index contributed by atoms with van der Waals surface area (Å²) in [7, 11) is 0. The van der Waals surface area contributed by atoms with Crippen molar-refractivity contribution >= 4 is 23.9 Å². The average molecular weight is 597 g/mol. The summed E-state index contributed by atoms with van der Waals surface area (Å²) in [5, 5.41) is 12.2. The maximum atomic E-state index is 14.2. The van der Waals surface area contributed by atoms with Gasteiger partial charge in [-0.25, -0.2) is 4.79 Å². The Kier molecular flexibility index (Phi) is 7.22. The number of rotatable bonds is 6. The number of aliphatic hydroxyl groups is 1. The first-order chi connectivity index (χ1) is 20.2. The van der Waals surface area contributed by atoms with Crippen LogP contribution in [0, 0.1) is 40.4 Å². The van der Waals surface area contributed by atoms with Crippen LogP contribution in [0.2, 0.25) is 0 Å². The minimum absolute atomic E-state index is 0.0179. The molecule has 2 bridgehead atoms. The number of aliphatic hydroxyl groups excluding tert-OH is 1. The SMILES string of the molecule is C=C1C(=O)O[C@H]2C[C@H](C)[C@@]34C[C@]5(C(=O)O[C@@H]6CC(C)=C([C@H](C)CCCOC(C)=O)[C@@H](O)[C@@H]65)[C@@H](C(C)=C3C[C@H]12)[C@H]4OC(C)=O. The molecule has 9 heteroatoms. The van der Waals surface area contributed by atoms with Crippen LogP contribution in [0.5, 0.6) is 0 Å². The highest BCUT2D eigenvalue weighted by Crippen LogP contribution is 2.76. The van der Waals surface area contributed by atoms with E-state index in [-0.39, 0.29) is 41.8 Å². The monoisotopic (exact) mass is 596 g/mol. The first-order valence-electron chi connectivity index (χ1n) is 15.7. The van der Waals surface area contributed by atoms with Gasteiger partial charge < -0.3 is 24.1 Å². The van der Waals surface area contributed by atoms with E-state index in [0.29, 0.717) is 44.3 Å². The van der Waals surface area contributed by atoms with Crippen LogP contribution in [-0.4, -0.2) is 60.0 Å². The summed E-state index contributed by atoms with van der Waals surface area (Å²) in [6, 6.07) is 0. The van der Waals surface area contributed by atoms with E-state index in [9.17, 15) is 24.3 Å². The molecule has 4 aliphatic carbocycles. The van der Waals surface area contributed by atoms with Crippen molar-refractivity contribution < 1.29 is 43.2 Å². The van der Waals surface area contributed by atoms with E-state index < -0.39 is 46.9 Å². The molecular formula is C34H44O9. The fourth-order valence-electron chi connectivity index (χ4n) is 10.4. The molecular weight excluding hydrogens is 552 g/mol. The Labute approximate surface area is 253 Å². The Morgan fingerprint density at radius 3 is 2.49 bits per heavy atom. The van der Waals surface area contributed by atoms with Crippen molar-refractivity contribution in [2.75, 3.05) is 6.61 Å². The number of hydrogen-bond acceptors (Lipinski definition) is 9. The minimum Gasteiger partial charge on any atom is -0.466 e. The number of hydrogen-bond donors (Lipinski definition) is 1. The molecule has 2 heterocycles. The van der Waals surface area contributed by atoms with E-state index in [1.165, 1.54) is 13.8 Å². The van der Waals surface area contributed by atoms with Gasteiger partial charge in [-0.3, -0.25) is 14.4 Å². The summed E-state index contributed by atoms with van der Waals surface area (Å²) in [6.45, 7) is 15.4. The molecule has 0 amide bonds. The highest BCUT2D eigenvalue weighted by molar-refractivity contribution is 5.91. The molecule has 6 rings (SSSR count). The standard InChI is InChI=1S/C34H44O9/c1-15(9-8-10-40-20(6)35)26-16(2)11-25-28(29(26)37)34(32(39)43-25)14-33-17(3)12-24-22(18(4)31(38)42-24)13-23(33)19(5)27(34)30(33)41-21(7)36/h15,17,22,24-25,27-30,37H,4,8-14H2,1-3,5-7H3/t15-,17+,22-,24+,25-,27+,28-,29-,30-,33+,34+/m1/s1. The van der Waals surface area contributed by atoms with Crippen molar-refractivity contribution in [1.29, 1.82) is 0 Å². The van der Waals surface area contributed by atoms with Crippen molar-refractivity contribution in [2.45, 2.75) is 104 Å². The fraction of sp³-hybridized carbons (Fsp3) is 0.706. The molecule has 2 saturated heterocycles. The van der Waals surface area contributed by atoms with E-state index in [2.05, 4.69) is 20.4 Å². The van der Waals surface area contributed by atoms with Gasteiger partial charge in [-0.1, -0.05) is 37.1 Å². The minimum atomic E-state index is -1.05. The molecule has 0 aromatic rings. The van der Waals surface area contributed by atoms with E-state index in [1.54, 1.807) is 0 Å². The molecule has 2 aliphatic heterocycles. The second kappa shape index (κ2) is 10.3. The summed E-state index contributed by atoms with van der Waals surface area (Å²) in [5.41, 5.74) is 2.89. The molecule has 9 nitrogen and oxygen atoms in total. The number of ether oxygens (including phenoxy) is 4. The maximum absolute atomic E-state index is 14.2. The van der Waals surface area contributed by atoms with Gasteiger partial charge in [-0.05, 0) is 63.4 Å². The van der Waals surface area contributed by atoms with Crippen LogP contribution < -0.4 is 0 Å². The van der Waals surface area contributed by atoms with Crippen LogP contribution in [0.1, 0.15) is 80.1 Å². The van der Waals surface area contributed by atoms with Crippen LogP contribution >= 0.6 is 0 Å². The Morgan fingerprint density at radius 1 is 1.09 bits per heavy atom. The lowest BCUT2D eigenvalue weighted by Gasteiger charge is -2.45. The predicted molar refractivity (Wildman–Crippen MR) is 154 cm³/mol. The molecule has 6 aliphatic rings. The van der Waals surface area contributed by atoms with Gasteiger partial charge in [0.1, 0.15) is 18.3 Å². The van der Waals surface area contributed by atoms with Gasteiger partial charge in [0.25, 0.3) is 0 Å². The van der Waals surface area contributed by atoms with Gasteiger partial charge in [0.15, 0.2) is 0 Å². The summed E-state index contributed by atoms with van der Waals surface area (Å²) in [4.78, 5) is 50.6. The first-order valence-corrected chi connectivity index (χ1v) is 15.7. The smallest absolute Gasteiger partial charge is 0.334 e. The van der Waals surface area contributed by atoms with E-state index >= 15 is 0 Å². The first kappa shape index (κ1) is 30.1. The van der Waals surface area contributed by atoms with E-state index in [1.807, 2.05) is 13.8 Å². The predicted octanol–water partition coefficient (Wildman–Crippen LogP) is 4.37. The Bertz CT molecular complexity index is 1360.